The number of ether oxygens (including phenoxy) is 1. The molecule has 0 aliphatic heterocycles. The summed E-state index contributed by atoms with van der Waals surface area (Å²) in [5.74, 6) is -0.169. The summed E-state index contributed by atoms with van der Waals surface area (Å²) < 4.78 is 32.1. The SMILES string of the molecule is CCNC(=O)[C@@H](C)N(Cc1cccc(OC)c1)C(=O)CN(C)S(=O)(=O)c1ccc(C)cc1. The summed E-state index contributed by atoms with van der Waals surface area (Å²) >= 11 is 0. The van der Waals surface area contributed by atoms with Gasteiger partial charge in [0, 0.05) is 20.1 Å². The molecular formula is C23H31N3O5S. The molecule has 0 radical (unpaired) electrons. The van der Waals surface area contributed by atoms with Crippen LogP contribution in [0.25, 0.3) is 0 Å². The van der Waals surface area contributed by atoms with Crippen molar-refractivity contribution in [3.05, 3.63) is 59.7 Å². The number of rotatable bonds is 10. The summed E-state index contributed by atoms with van der Waals surface area (Å²) in [6.07, 6.45) is 0. The Bertz CT molecular complexity index is 1040. The lowest BCUT2D eigenvalue weighted by atomic mass is 10.1. The van der Waals surface area contributed by atoms with Crippen LogP contribution in [0.5, 0.6) is 5.75 Å². The highest BCUT2D eigenvalue weighted by molar-refractivity contribution is 7.89. The van der Waals surface area contributed by atoms with Gasteiger partial charge in [0.15, 0.2) is 0 Å². The van der Waals surface area contributed by atoms with Crippen molar-refractivity contribution >= 4 is 21.8 Å². The number of hydrogen-bond donors (Lipinski definition) is 1. The second-order valence-electron chi connectivity index (χ2n) is 7.52. The number of aryl methyl sites for hydroxylation is 1. The smallest absolute Gasteiger partial charge is 0.243 e. The van der Waals surface area contributed by atoms with E-state index in [9.17, 15) is 18.0 Å². The normalized spacial score (nSPS) is 12.3. The minimum absolute atomic E-state index is 0.106. The highest BCUT2D eigenvalue weighted by atomic mass is 32.2. The largest absolute Gasteiger partial charge is 0.497 e. The van der Waals surface area contributed by atoms with E-state index in [0.717, 1.165) is 15.4 Å². The Labute approximate surface area is 190 Å². The highest BCUT2D eigenvalue weighted by Crippen LogP contribution is 2.18. The van der Waals surface area contributed by atoms with E-state index < -0.39 is 28.5 Å². The van der Waals surface area contributed by atoms with Gasteiger partial charge in [-0.05, 0) is 50.6 Å². The minimum Gasteiger partial charge on any atom is -0.497 e. The van der Waals surface area contributed by atoms with E-state index in [1.54, 1.807) is 51.3 Å². The van der Waals surface area contributed by atoms with Gasteiger partial charge < -0.3 is 15.0 Å². The predicted octanol–water partition coefficient (Wildman–Crippen LogP) is 2.18. The number of carbonyl (C=O) groups excluding carboxylic acids is 2. The van der Waals surface area contributed by atoms with Crippen LogP contribution in [0.15, 0.2) is 53.4 Å². The lowest BCUT2D eigenvalue weighted by Crippen LogP contribution is -2.50. The molecular weight excluding hydrogens is 430 g/mol. The van der Waals surface area contributed by atoms with Crippen molar-refractivity contribution in [3.8, 4) is 5.75 Å². The van der Waals surface area contributed by atoms with E-state index in [1.807, 2.05) is 13.0 Å². The van der Waals surface area contributed by atoms with Crippen LogP contribution < -0.4 is 10.1 Å². The molecule has 2 rings (SSSR count). The van der Waals surface area contributed by atoms with Gasteiger partial charge in [0.1, 0.15) is 11.8 Å². The number of benzene rings is 2. The molecule has 0 bridgehead atoms. The number of carbonyl (C=O) groups is 2. The van der Waals surface area contributed by atoms with E-state index in [4.69, 9.17) is 4.74 Å². The number of nitrogens with zero attached hydrogens (tertiary/aromatic N) is 2. The summed E-state index contributed by atoms with van der Waals surface area (Å²) in [5.41, 5.74) is 1.70. The topological polar surface area (TPSA) is 96.0 Å². The molecule has 0 aliphatic rings. The first-order valence-electron chi connectivity index (χ1n) is 10.3. The Kier molecular flexibility index (Phi) is 8.80. The fourth-order valence-corrected chi connectivity index (χ4v) is 4.25. The molecule has 8 nitrogen and oxygen atoms in total. The van der Waals surface area contributed by atoms with Crippen molar-refractivity contribution in [2.45, 2.75) is 38.3 Å². The highest BCUT2D eigenvalue weighted by Gasteiger charge is 2.30. The van der Waals surface area contributed by atoms with Gasteiger partial charge in [-0.2, -0.15) is 4.31 Å². The van der Waals surface area contributed by atoms with Gasteiger partial charge in [-0.15, -0.1) is 0 Å². The average molecular weight is 462 g/mol. The molecule has 0 spiro atoms. The van der Waals surface area contributed by atoms with E-state index in [1.165, 1.54) is 24.1 Å². The van der Waals surface area contributed by atoms with Gasteiger partial charge in [-0.25, -0.2) is 8.42 Å². The Morgan fingerprint density at radius 1 is 1.12 bits per heavy atom. The Morgan fingerprint density at radius 2 is 1.78 bits per heavy atom. The zero-order valence-electron chi connectivity index (χ0n) is 19.2. The minimum atomic E-state index is -3.86. The Hall–Kier alpha value is -2.91. The molecule has 2 aromatic carbocycles. The molecule has 1 atom stereocenters. The molecule has 1 N–H and O–H groups in total. The molecule has 0 aliphatic carbocycles. The first-order valence-corrected chi connectivity index (χ1v) is 11.8. The number of amides is 2. The van der Waals surface area contributed by atoms with Crippen LogP contribution in [0.2, 0.25) is 0 Å². The first-order chi connectivity index (χ1) is 15.1. The van der Waals surface area contributed by atoms with E-state index in [0.29, 0.717) is 12.3 Å². The molecule has 0 saturated carbocycles. The first kappa shape index (κ1) is 25.4. The third-order valence-electron chi connectivity index (χ3n) is 5.09. The molecule has 32 heavy (non-hydrogen) atoms. The molecule has 0 heterocycles. The molecule has 174 valence electrons. The average Bonchev–Trinajstić information content (AvgIpc) is 2.77. The van der Waals surface area contributed by atoms with Crippen molar-refractivity contribution in [1.82, 2.24) is 14.5 Å². The zero-order chi connectivity index (χ0) is 23.9. The fourth-order valence-electron chi connectivity index (χ4n) is 3.13. The van der Waals surface area contributed by atoms with Gasteiger partial charge in [-0.3, -0.25) is 9.59 Å². The lowest BCUT2D eigenvalue weighted by molar-refractivity contribution is -0.140. The maximum absolute atomic E-state index is 13.2. The molecule has 0 saturated heterocycles. The van der Waals surface area contributed by atoms with Crippen molar-refractivity contribution in [2.75, 3.05) is 27.2 Å². The molecule has 2 amide bonds. The molecule has 0 aromatic heterocycles. The second-order valence-corrected chi connectivity index (χ2v) is 9.56. The number of likely N-dealkylation sites (N-methyl/N-ethyl adjacent to an activating group) is 2. The summed E-state index contributed by atoms with van der Waals surface area (Å²) in [4.78, 5) is 27.2. The summed E-state index contributed by atoms with van der Waals surface area (Å²) in [6.45, 7) is 5.43. The van der Waals surface area contributed by atoms with Crippen LogP contribution in [0.1, 0.15) is 25.0 Å². The van der Waals surface area contributed by atoms with Crippen LogP contribution in [0, 0.1) is 6.92 Å². The molecule has 2 aromatic rings. The van der Waals surface area contributed by atoms with Crippen LogP contribution in [0.3, 0.4) is 0 Å². The number of methoxy groups -OCH3 is 1. The maximum atomic E-state index is 13.2. The summed E-state index contributed by atoms with van der Waals surface area (Å²) in [6, 6.07) is 12.8. The van der Waals surface area contributed by atoms with Crippen LogP contribution in [-0.2, 0) is 26.2 Å². The van der Waals surface area contributed by atoms with Crippen LogP contribution in [0.4, 0.5) is 0 Å². The third kappa shape index (κ3) is 6.30. The van der Waals surface area contributed by atoms with E-state index >= 15 is 0 Å². The van der Waals surface area contributed by atoms with Crippen molar-refractivity contribution in [2.24, 2.45) is 0 Å². The van der Waals surface area contributed by atoms with Crippen molar-refractivity contribution in [3.63, 3.8) is 0 Å². The van der Waals surface area contributed by atoms with Gasteiger partial charge in [0.2, 0.25) is 21.8 Å². The molecule has 0 fully saturated rings. The van der Waals surface area contributed by atoms with Crippen LogP contribution >= 0.6 is 0 Å². The Balaban J connectivity index is 2.27. The van der Waals surface area contributed by atoms with E-state index in [2.05, 4.69) is 5.32 Å². The standard InChI is InChI=1S/C23H31N3O5S/c1-6-24-23(28)18(3)26(15-19-8-7-9-20(14-19)31-5)22(27)16-25(4)32(29,30)21-12-10-17(2)11-13-21/h7-14,18H,6,15-16H2,1-5H3,(H,24,28)/t18-/m1/s1. The summed E-state index contributed by atoms with van der Waals surface area (Å²) in [7, 11) is -0.958. The van der Waals surface area contributed by atoms with Gasteiger partial charge in [0.05, 0.1) is 18.6 Å². The number of sulfonamides is 1. The zero-order valence-corrected chi connectivity index (χ0v) is 20.0. The third-order valence-corrected chi connectivity index (χ3v) is 6.91. The lowest BCUT2D eigenvalue weighted by Gasteiger charge is -2.30. The number of nitrogens with one attached hydrogen (secondary N) is 1. The van der Waals surface area contributed by atoms with Crippen molar-refractivity contribution in [1.29, 1.82) is 0 Å². The second kappa shape index (κ2) is 11.1. The fraction of sp³-hybridized carbons (Fsp3) is 0.391. The Morgan fingerprint density at radius 3 is 2.38 bits per heavy atom. The van der Waals surface area contributed by atoms with Crippen molar-refractivity contribution < 1.29 is 22.7 Å². The maximum Gasteiger partial charge on any atom is 0.243 e. The van der Waals surface area contributed by atoms with Crippen LogP contribution in [-0.4, -0.2) is 62.7 Å². The summed E-state index contributed by atoms with van der Waals surface area (Å²) in [5, 5.41) is 2.71. The number of hydrogen-bond acceptors (Lipinski definition) is 5. The van der Waals surface area contributed by atoms with E-state index in [-0.39, 0.29) is 17.3 Å². The molecule has 9 heteroatoms. The predicted molar refractivity (Wildman–Crippen MR) is 123 cm³/mol. The quantitative estimate of drug-likeness (QED) is 0.585. The van der Waals surface area contributed by atoms with Gasteiger partial charge in [0.25, 0.3) is 0 Å². The van der Waals surface area contributed by atoms with Gasteiger partial charge in [-0.1, -0.05) is 29.8 Å². The monoisotopic (exact) mass is 461 g/mol. The molecule has 0 unspecified atom stereocenters. The van der Waals surface area contributed by atoms with Gasteiger partial charge >= 0.3 is 0 Å².